The lowest BCUT2D eigenvalue weighted by Crippen LogP contribution is -2.54. The summed E-state index contributed by atoms with van der Waals surface area (Å²) in [5.41, 5.74) is 2.67. The molecule has 3 nitrogen and oxygen atoms in total. The van der Waals surface area contributed by atoms with Gasteiger partial charge in [0.1, 0.15) is 11.4 Å². The first kappa shape index (κ1) is 14.9. The Morgan fingerprint density at radius 2 is 2.19 bits per heavy atom. The number of nitrogens with one attached hydrogen (secondary N) is 1. The maximum Gasteiger partial charge on any atom is 0.124 e. The first-order valence-electron chi connectivity index (χ1n) is 8.26. The van der Waals surface area contributed by atoms with E-state index < -0.39 is 0 Å². The molecule has 2 aliphatic heterocycles. The molecule has 3 heteroatoms. The molecular weight excluding hydrogens is 260 g/mol. The molecule has 21 heavy (non-hydrogen) atoms. The quantitative estimate of drug-likeness (QED) is 0.904. The zero-order valence-electron chi connectivity index (χ0n) is 13.8. The van der Waals surface area contributed by atoms with Gasteiger partial charge in [-0.2, -0.15) is 0 Å². The van der Waals surface area contributed by atoms with Gasteiger partial charge in [0.05, 0.1) is 0 Å². The number of likely N-dealkylation sites (tertiary alicyclic amines) is 1. The molecule has 0 aromatic heterocycles. The zero-order valence-corrected chi connectivity index (χ0v) is 13.8. The van der Waals surface area contributed by atoms with Crippen LogP contribution >= 0.6 is 0 Å². The van der Waals surface area contributed by atoms with Crippen molar-refractivity contribution >= 4 is 0 Å². The summed E-state index contributed by atoms with van der Waals surface area (Å²) < 4.78 is 6.54. The lowest BCUT2D eigenvalue weighted by molar-refractivity contribution is -0.0389. The molecule has 1 saturated heterocycles. The Morgan fingerprint density at radius 3 is 2.90 bits per heavy atom. The van der Waals surface area contributed by atoms with Gasteiger partial charge < -0.3 is 15.0 Å². The van der Waals surface area contributed by atoms with Crippen LogP contribution in [0.5, 0.6) is 5.75 Å². The standard InChI is InChI=1S/C18H28N2O/c1-5-19-16-12-18(8-9-20(4)14(3)11-18)21-17-7-6-13(2)10-15(16)17/h6-7,10,14,16,19H,5,8-9,11-12H2,1-4H3. The Labute approximate surface area is 128 Å². The van der Waals surface area contributed by atoms with Crippen molar-refractivity contribution in [2.45, 2.75) is 57.7 Å². The zero-order chi connectivity index (χ0) is 15.0. The van der Waals surface area contributed by atoms with E-state index in [1.165, 1.54) is 11.1 Å². The molecule has 2 heterocycles. The molecule has 1 N–H and O–H groups in total. The van der Waals surface area contributed by atoms with Gasteiger partial charge in [-0.1, -0.05) is 24.6 Å². The van der Waals surface area contributed by atoms with Crippen LogP contribution in [0, 0.1) is 6.92 Å². The lowest BCUT2D eigenvalue weighted by Gasteiger charge is -2.49. The van der Waals surface area contributed by atoms with Crippen LogP contribution in [0.3, 0.4) is 0 Å². The van der Waals surface area contributed by atoms with E-state index in [9.17, 15) is 0 Å². The SMILES string of the molecule is CCNC1CC2(CCN(C)C(C)C2)Oc2ccc(C)cc21. The fourth-order valence-corrected chi connectivity index (χ4v) is 3.89. The molecular formula is C18H28N2O. The largest absolute Gasteiger partial charge is 0.487 e. The van der Waals surface area contributed by atoms with Crippen molar-refractivity contribution in [1.29, 1.82) is 0 Å². The molecule has 0 amide bonds. The number of hydrogen-bond acceptors (Lipinski definition) is 3. The molecule has 1 aromatic rings. The summed E-state index contributed by atoms with van der Waals surface area (Å²) in [6, 6.07) is 7.63. The minimum atomic E-state index is 0.0149. The monoisotopic (exact) mass is 288 g/mol. The summed E-state index contributed by atoms with van der Waals surface area (Å²) in [6.07, 6.45) is 3.34. The number of piperidine rings is 1. The summed E-state index contributed by atoms with van der Waals surface area (Å²) in [5.74, 6) is 1.09. The van der Waals surface area contributed by atoms with E-state index in [0.717, 1.165) is 38.1 Å². The fraction of sp³-hybridized carbons (Fsp3) is 0.667. The highest BCUT2D eigenvalue weighted by atomic mass is 16.5. The summed E-state index contributed by atoms with van der Waals surface area (Å²) in [5, 5.41) is 3.67. The van der Waals surface area contributed by atoms with E-state index in [4.69, 9.17) is 4.74 Å². The van der Waals surface area contributed by atoms with Crippen LogP contribution in [-0.4, -0.2) is 36.7 Å². The van der Waals surface area contributed by atoms with Gasteiger partial charge in [-0.25, -0.2) is 0 Å². The normalized spacial score (nSPS) is 32.8. The highest BCUT2D eigenvalue weighted by Gasteiger charge is 2.44. The van der Waals surface area contributed by atoms with Crippen molar-refractivity contribution in [3.8, 4) is 5.75 Å². The van der Waals surface area contributed by atoms with Crippen molar-refractivity contribution in [2.75, 3.05) is 20.1 Å². The minimum Gasteiger partial charge on any atom is -0.487 e. The average molecular weight is 288 g/mol. The van der Waals surface area contributed by atoms with E-state index in [2.05, 4.69) is 56.2 Å². The Morgan fingerprint density at radius 1 is 1.38 bits per heavy atom. The van der Waals surface area contributed by atoms with Gasteiger partial charge >= 0.3 is 0 Å². The van der Waals surface area contributed by atoms with Crippen LogP contribution in [0.25, 0.3) is 0 Å². The molecule has 1 aromatic carbocycles. The van der Waals surface area contributed by atoms with E-state index in [1.807, 2.05) is 0 Å². The fourth-order valence-electron chi connectivity index (χ4n) is 3.89. The van der Waals surface area contributed by atoms with Crippen LogP contribution in [-0.2, 0) is 0 Å². The van der Waals surface area contributed by atoms with Crippen molar-refractivity contribution in [3.05, 3.63) is 29.3 Å². The number of fused-ring (bicyclic) bond motifs is 1. The number of nitrogens with zero attached hydrogens (tertiary/aromatic N) is 1. The van der Waals surface area contributed by atoms with Gasteiger partial charge in [0.25, 0.3) is 0 Å². The summed E-state index contributed by atoms with van der Waals surface area (Å²) in [7, 11) is 2.22. The molecule has 0 saturated carbocycles. The van der Waals surface area contributed by atoms with E-state index in [1.54, 1.807) is 0 Å². The molecule has 116 valence electrons. The highest BCUT2D eigenvalue weighted by molar-refractivity contribution is 5.42. The predicted molar refractivity (Wildman–Crippen MR) is 86.9 cm³/mol. The number of aryl methyl sites for hydroxylation is 1. The van der Waals surface area contributed by atoms with Crippen molar-refractivity contribution in [1.82, 2.24) is 10.2 Å². The molecule has 3 rings (SSSR count). The van der Waals surface area contributed by atoms with Gasteiger partial charge in [0.2, 0.25) is 0 Å². The van der Waals surface area contributed by atoms with Crippen LogP contribution in [0.15, 0.2) is 18.2 Å². The Kier molecular flexibility index (Phi) is 3.98. The molecule has 0 bridgehead atoms. The molecule has 3 unspecified atom stereocenters. The van der Waals surface area contributed by atoms with Gasteiger partial charge in [0.15, 0.2) is 0 Å². The summed E-state index contributed by atoms with van der Waals surface area (Å²) in [6.45, 7) is 8.79. The summed E-state index contributed by atoms with van der Waals surface area (Å²) in [4.78, 5) is 2.45. The predicted octanol–water partition coefficient (Wildman–Crippen LogP) is 3.28. The van der Waals surface area contributed by atoms with Gasteiger partial charge in [-0.3, -0.25) is 0 Å². The first-order valence-corrected chi connectivity index (χ1v) is 8.26. The lowest BCUT2D eigenvalue weighted by atomic mass is 9.78. The van der Waals surface area contributed by atoms with Crippen molar-refractivity contribution < 1.29 is 4.74 Å². The third-order valence-corrected chi connectivity index (χ3v) is 5.23. The van der Waals surface area contributed by atoms with Gasteiger partial charge in [0, 0.05) is 37.0 Å². The highest BCUT2D eigenvalue weighted by Crippen LogP contribution is 2.45. The Bertz CT molecular complexity index is 516. The maximum absolute atomic E-state index is 6.54. The van der Waals surface area contributed by atoms with Crippen LogP contribution in [0.4, 0.5) is 0 Å². The number of hydrogen-bond donors (Lipinski definition) is 1. The van der Waals surface area contributed by atoms with E-state index in [0.29, 0.717) is 12.1 Å². The minimum absolute atomic E-state index is 0.0149. The van der Waals surface area contributed by atoms with Gasteiger partial charge in [-0.15, -0.1) is 0 Å². The molecule has 2 aliphatic rings. The number of rotatable bonds is 2. The topological polar surface area (TPSA) is 24.5 Å². The van der Waals surface area contributed by atoms with E-state index >= 15 is 0 Å². The second-order valence-electron chi connectivity index (χ2n) is 6.92. The third-order valence-electron chi connectivity index (χ3n) is 5.23. The second-order valence-corrected chi connectivity index (χ2v) is 6.92. The summed E-state index contributed by atoms with van der Waals surface area (Å²) >= 11 is 0. The molecule has 0 radical (unpaired) electrons. The van der Waals surface area contributed by atoms with E-state index in [-0.39, 0.29) is 5.60 Å². The smallest absolute Gasteiger partial charge is 0.124 e. The molecule has 1 fully saturated rings. The van der Waals surface area contributed by atoms with Crippen molar-refractivity contribution in [3.63, 3.8) is 0 Å². The third kappa shape index (κ3) is 2.82. The molecule has 0 aliphatic carbocycles. The van der Waals surface area contributed by atoms with Crippen LogP contribution in [0.1, 0.15) is 50.3 Å². The Balaban J connectivity index is 1.92. The second kappa shape index (κ2) is 5.62. The average Bonchev–Trinajstić information content (AvgIpc) is 2.45. The Hall–Kier alpha value is -1.06. The molecule has 3 atom stereocenters. The molecule has 1 spiro atoms. The number of benzene rings is 1. The maximum atomic E-state index is 6.54. The van der Waals surface area contributed by atoms with Crippen molar-refractivity contribution in [2.24, 2.45) is 0 Å². The van der Waals surface area contributed by atoms with Crippen LogP contribution < -0.4 is 10.1 Å². The van der Waals surface area contributed by atoms with Crippen LogP contribution in [0.2, 0.25) is 0 Å². The van der Waals surface area contributed by atoms with Gasteiger partial charge in [-0.05, 0) is 39.9 Å². The first-order chi connectivity index (χ1) is 10.0. The number of ether oxygens (including phenoxy) is 1.